The Labute approximate surface area is 119 Å². The second kappa shape index (κ2) is 7.88. The summed E-state index contributed by atoms with van der Waals surface area (Å²) in [6, 6.07) is 0.0656. The number of nitrogens with one attached hydrogen (secondary N) is 1. The van der Waals surface area contributed by atoms with Crippen LogP contribution in [0.5, 0.6) is 0 Å². The summed E-state index contributed by atoms with van der Waals surface area (Å²) in [4.78, 5) is 14.6. The van der Waals surface area contributed by atoms with Gasteiger partial charge in [-0.1, -0.05) is 53.9 Å². The van der Waals surface area contributed by atoms with Crippen LogP contribution >= 0.6 is 0 Å². The Kier molecular flexibility index (Phi) is 6.84. The van der Waals surface area contributed by atoms with Crippen molar-refractivity contribution in [3.63, 3.8) is 0 Å². The normalized spacial score (nSPS) is 25.4. The Hall–Kier alpha value is -0.570. The number of nitrogens with zero attached hydrogens (tertiary/aromatic N) is 1. The average Bonchev–Trinajstić information content (AvgIpc) is 2.65. The molecule has 1 amide bonds. The van der Waals surface area contributed by atoms with Crippen LogP contribution in [0.3, 0.4) is 0 Å². The van der Waals surface area contributed by atoms with E-state index in [1.807, 2.05) is 0 Å². The first-order valence-electron chi connectivity index (χ1n) is 8.07. The van der Waals surface area contributed by atoms with Crippen molar-refractivity contribution >= 4 is 5.91 Å². The monoisotopic (exact) mass is 268 g/mol. The molecular weight excluding hydrogens is 236 g/mol. The molecule has 1 N–H and O–H groups in total. The zero-order valence-electron chi connectivity index (χ0n) is 13.4. The number of carbonyl (C=O) groups excluding carboxylic acids is 1. The molecule has 3 nitrogen and oxygen atoms in total. The van der Waals surface area contributed by atoms with Gasteiger partial charge >= 0.3 is 0 Å². The molecule has 1 fully saturated rings. The van der Waals surface area contributed by atoms with Crippen molar-refractivity contribution in [2.24, 2.45) is 11.8 Å². The highest BCUT2D eigenvalue weighted by Crippen LogP contribution is 2.22. The molecule has 112 valence electrons. The number of rotatable bonds is 8. The minimum Gasteiger partial charge on any atom is -0.326 e. The van der Waals surface area contributed by atoms with E-state index >= 15 is 0 Å². The molecule has 19 heavy (non-hydrogen) atoms. The van der Waals surface area contributed by atoms with Crippen molar-refractivity contribution in [1.82, 2.24) is 10.2 Å². The topological polar surface area (TPSA) is 32.3 Å². The summed E-state index contributed by atoms with van der Waals surface area (Å²) in [5.41, 5.74) is 0. The Morgan fingerprint density at radius 1 is 1.16 bits per heavy atom. The molecule has 0 aromatic carbocycles. The van der Waals surface area contributed by atoms with Gasteiger partial charge in [-0.05, 0) is 24.7 Å². The highest BCUT2D eigenvalue weighted by Gasteiger charge is 2.38. The second-order valence-electron chi connectivity index (χ2n) is 6.38. The number of hydrogen-bond acceptors (Lipinski definition) is 2. The van der Waals surface area contributed by atoms with E-state index in [0.717, 1.165) is 38.6 Å². The first-order chi connectivity index (χ1) is 9.01. The van der Waals surface area contributed by atoms with Crippen LogP contribution in [0.15, 0.2) is 0 Å². The van der Waals surface area contributed by atoms with Crippen LogP contribution in [0, 0.1) is 11.8 Å². The first kappa shape index (κ1) is 16.5. The summed E-state index contributed by atoms with van der Waals surface area (Å²) in [5, 5.41) is 3.55. The maximum Gasteiger partial charge on any atom is 0.241 e. The van der Waals surface area contributed by atoms with Gasteiger partial charge in [0.05, 0.1) is 12.2 Å². The van der Waals surface area contributed by atoms with E-state index in [1.54, 1.807) is 0 Å². The molecule has 3 unspecified atom stereocenters. The van der Waals surface area contributed by atoms with Crippen molar-refractivity contribution in [3.05, 3.63) is 0 Å². The van der Waals surface area contributed by atoms with Gasteiger partial charge in [0.2, 0.25) is 5.91 Å². The van der Waals surface area contributed by atoms with E-state index < -0.39 is 0 Å². The van der Waals surface area contributed by atoms with Gasteiger partial charge in [0.15, 0.2) is 0 Å². The van der Waals surface area contributed by atoms with Crippen LogP contribution in [-0.2, 0) is 4.79 Å². The summed E-state index contributed by atoms with van der Waals surface area (Å²) in [5.74, 6) is 1.53. The van der Waals surface area contributed by atoms with Gasteiger partial charge in [0, 0.05) is 6.54 Å². The van der Waals surface area contributed by atoms with E-state index in [1.165, 1.54) is 0 Å². The van der Waals surface area contributed by atoms with Crippen LogP contribution < -0.4 is 5.32 Å². The van der Waals surface area contributed by atoms with Crippen molar-refractivity contribution in [3.8, 4) is 0 Å². The standard InChI is InChI=1S/C16H32N2O/c1-6-8-10-14-16(19)18(11-13(5)12(3)4)15(17-14)9-7-2/h12-15,17H,6-11H2,1-5H3. The summed E-state index contributed by atoms with van der Waals surface area (Å²) in [6.45, 7) is 12.0. The molecule has 3 atom stereocenters. The molecule has 1 saturated heterocycles. The van der Waals surface area contributed by atoms with Crippen molar-refractivity contribution < 1.29 is 4.79 Å². The number of amides is 1. The maximum atomic E-state index is 12.5. The molecule has 0 spiro atoms. The third-order valence-electron chi connectivity index (χ3n) is 4.38. The van der Waals surface area contributed by atoms with Crippen LogP contribution in [0.2, 0.25) is 0 Å². The van der Waals surface area contributed by atoms with E-state index in [-0.39, 0.29) is 12.2 Å². The summed E-state index contributed by atoms with van der Waals surface area (Å²) in [7, 11) is 0. The zero-order chi connectivity index (χ0) is 14.4. The lowest BCUT2D eigenvalue weighted by molar-refractivity contribution is -0.131. The van der Waals surface area contributed by atoms with Crippen molar-refractivity contribution in [2.75, 3.05) is 6.54 Å². The Balaban J connectivity index is 2.65. The lowest BCUT2D eigenvalue weighted by atomic mass is 9.97. The van der Waals surface area contributed by atoms with Gasteiger partial charge < -0.3 is 4.90 Å². The van der Waals surface area contributed by atoms with E-state index in [9.17, 15) is 4.79 Å². The molecule has 0 bridgehead atoms. The van der Waals surface area contributed by atoms with E-state index in [4.69, 9.17) is 0 Å². The third kappa shape index (κ3) is 4.48. The predicted octanol–water partition coefficient (Wildman–Crippen LogP) is 3.40. The van der Waals surface area contributed by atoms with Crippen LogP contribution in [0.25, 0.3) is 0 Å². The van der Waals surface area contributed by atoms with Gasteiger partial charge in [0.1, 0.15) is 0 Å². The van der Waals surface area contributed by atoms with E-state index in [0.29, 0.717) is 17.7 Å². The fourth-order valence-corrected chi connectivity index (χ4v) is 2.61. The predicted molar refractivity (Wildman–Crippen MR) is 80.9 cm³/mol. The quantitative estimate of drug-likeness (QED) is 0.732. The largest absolute Gasteiger partial charge is 0.326 e. The highest BCUT2D eigenvalue weighted by molar-refractivity contribution is 5.84. The van der Waals surface area contributed by atoms with E-state index in [2.05, 4.69) is 44.8 Å². The molecule has 1 rings (SSSR count). The minimum atomic E-state index is 0.0656. The van der Waals surface area contributed by atoms with Gasteiger partial charge in [-0.2, -0.15) is 0 Å². The molecule has 1 heterocycles. The Morgan fingerprint density at radius 3 is 2.37 bits per heavy atom. The second-order valence-corrected chi connectivity index (χ2v) is 6.38. The Bertz CT molecular complexity index is 278. The van der Waals surface area contributed by atoms with Gasteiger partial charge in [-0.3, -0.25) is 10.1 Å². The fraction of sp³-hybridized carbons (Fsp3) is 0.938. The van der Waals surface area contributed by atoms with Gasteiger partial charge in [0.25, 0.3) is 0 Å². The molecule has 0 aliphatic carbocycles. The van der Waals surface area contributed by atoms with Crippen molar-refractivity contribution in [1.29, 1.82) is 0 Å². The highest BCUT2D eigenvalue weighted by atomic mass is 16.2. The lowest BCUT2D eigenvalue weighted by Gasteiger charge is -2.28. The third-order valence-corrected chi connectivity index (χ3v) is 4.38. The first-order valence-corrected chi connectivity index (χ1v) is 8.07. The summed E-state index contributed by atoms with van der Waals surface area (Å²) >= 11 is 0. The Morgan fingerprint density at radius 2 is 1.84 bits per heavy atom. The average molecular weight is 268 g/mol. The minimum absolute atomic E-state index is 0.0656. The fourth-order valence-electron chi connectivity index (χ4n) is 2.61. The van der Waals surface area contributed by atoms with Gasteiger partial charge in [-0.25, -0.2) is 0 Å². The van der Waals surface area contributed by atoms with Crippen LogP contribution in [0.4, 0.5) is 0 Å². The number of unbranched alkanes of at least 4 members (excludes halogenated alkanes) is 1. The molecule has 1 aliphatic heterocycles. The van der Waals surface area contributed by atoms with Crippen LogP contribution in [-0.4, -0.2) is 29.6 Å². The number of hydrogen-bond donors (Lipinski definition) is 1. The summed E-state index contributed by atoms with van der Waals surface area (Å²) < 4.78 is 0. The molecule has 3 heteroatoms. The van der Waals surface area contributed by atoms with Crippen LogP contribution in [0.1, 0.15) is 66.7 Å². The molecular formula is C16H32N2O. The zero-order valence-corrected chi connectivity index (χ0v) is 13.4. The van der Waals surface area contributed by atoms with Gasteiger partial charge in [-0.15, -0.1) is 0 Å². The summed E-state index contributed by atoms with van der Waals surface area (Å²) in [6.07, 6.45) is 5.74. The molecule has 0 saturated carbocycles. The molecule has 1 aliphatic rings. The maximum absolute atomic E-state index is 12.5. The van der Waals surface area contributed by atoms with Crippen molar-refractivity contribution in [2.45, 2.75) is 78.9 Å². The molecule has 0 radical (unpaired) electrons. The number of carbonyl (C=O) groups is 1. The smallest absolute Gasteiger partial charge is 0.241 e. The lowest BCUT2D eigenvalue weighted by Crippen LogP contribution is -2.40. The molecule has 0 aromatic heterocycles. The SMILES string of the molecule is CCCCC1NC(CCC)N(CC(C)C(C)C)C1=O. The molecule has 0 aromatic rings.